The van der Waals surface area contributed by atoms with Gasteiger partial charge in [0.1, 0.15) is 11.5 Å². The van der Waals surface area contributed by atoms with Gasteiger partial charge in [-0.25, -0.2) is 0 Å². The molecular formula is C25H30Cl2N2O4. The first-order valence-electron chi connectivity index (χ1n) is 11.3. The summed E-state index contributed by atoms with van der Waals surface area (Å²) in [6, 6.07) is 10.6. The zero-order chi connectivity index (χ0) is 23.6. The number of halogens is 2. The Kier molecular flexibility index (Phi) is 7.39. The number of carbonyl (C=O) groups is 1. The Morgan fingerprint density at radius 2 is 1.97 bits per heavy atom. The van der Waals surface area contributed by atoms with Gasteiger partial charge in [0.2, 0.25) is 5.91 Å². The second-order valence-corrected chi connectivity index (χ2v) is 9.75. The molecule has 0 bridgehead atoms. The summed E-state index contributed by atoms with van der Waals surface area (Å²) < 4.78 is 11.1. The molecule has 1 aliphatic carbocycles. The summed E-state index contributed by atoms with van der Waals surface area (Å²) >= 11 is 12.2. The molecule has 3 atom stereocenters. The molecule has 2 fully saturated rings. The van der Waals surface area contributed by atoms with E-state index in [2.05, 4.69) is 10.2 Å². The van der Waals surface area contributed by atoms with Crippen LogP contribution in [-0.4, -0.2) is 48.8 Å². The number of piperidine rings is 1. The fourth-order valence-electron chi connectivity index (χ4n) is 5.36. The van der Waals surface area contributed by atoms with Crippen molar-refractivity contribution in [3.8, 4) is 11.5 Å². The van der Waals surface area contributed by atoms with Crippen LogP contribution in [0.2, 0.25) is 10.0 Å². The van der Waals surface area contributed by atoms with E-state index in [0.29, 0.717) is 40.2 Å². The van der Waals surface area contributed by atoms with Crippen LogP contribution in [0.5, 0.6) is 11.5 Å². The number of methoxy groups -OCH3 is 2. The lowest BCUT2D eigenvalue weighted by Gasteiger charge is -2.52. The molecule has 2 N–H and O–H groups in total. The number of hydrogen-bond acceptors (Lipinski definition) is 5. The Bertz CT molecular complexity index is 1020. The number of nitrogens with one attached hydrogen (secondary N) is 1. The second kappa shape index (κ2) is 10.1. The molecule has 1 aliphatic heterocycles. The number of carbonyl (C=O) groups excluding carboxylic acids is 1. The van der Waals surface area contributed by atoms with Gasteiger partial charge in [-0.1, -0.05) is 42.1 Å². The van der Waals surface area contributed by atoms with Crippen molar-refractivity contribution in [1.29, 1.82) is 0 Å². The first-order chi connectivity index (χ1) is 15.8. The number of nitrogens with zero attached hydrogens (tertiary/aromatic N) is 1. The minimum absolute atomic E-state index is 0.00853. The summed E-state index contributed by atoms with van der Waals surface area (Å²) in [6.07, 6.45) is 4.41. The van der Waals surface area contributed by atoms with Gasteiger partial charge in [-0.05, 0) is 43.5 Å². The third kappa shape index (κ3) is 5.09. The molecule has 1 saturated carbocycles. The van der Waals surface area contributed by atoms with Crippen LogP contribution in [0.25, 0.3) is 0 Å². The quantitative estimate of drug-likeness (QED) is 0.570. The summed E-state index contributed by atoms with van der Waals surface area (Å²) in [4.78, 5) is 15.2. The molecule has 0 radical (unpaired) electrons. The SMILES string of the molecule is COc1ccc([C@@H]2[C@@H]3CCCC[C@@]3(O)CCN2CC(=O)Nc2ccc(Cl)cc2Cl)c(OC)c1. The summed E-state index contributed by atoms with van der Waals surface area (Å²) in [6.45, 7) is 0.778. The largest absolute Gasteiger partial charge is 0.497 e. The van der Waals surface area contributed by atoms with Crippen LogP contribution in [0, 0.1) is 5.92 Å². The Hall–Kier alpha value is -1.99. The van der Waals surface area contributed by atoms with E-state index in [1.165, 1.54) is 0 Å². The number of ether oxygens (including phenoxy) is 2. The van der Waals surface area contributed by atoms with Crippen LogP contribution in [0.4, 0.5) is 5.69 Å². The normalized spacial score (nSPS) is 25.2. The molecule has 4 rings (SSSR count). The fourth-order valence-corrected chi connectivity index (χ4v) is 5.82. The number of anilines is 1. The van der Waals surface area contributed by atoms with Gasteiger partial charge in [-0.2, -0.15) is 0 Å². The minimum atomic E-state index is -0.736. The molecule has 33 heavy (non-hydrogen) atoms. The van der Waals surface area contributed by atoms with Gasteiger partial charge >= 0.3 is 0 Å². The Morgan fingerprint density at radius 3 is 2.70 bits per heavy atom. The van der Waals surface area contributed by atoms with Gasteiger partial charge < -0.3 is 19.9 Å². The Morgan fingerprint density at radius 1 is 1.15 bits per heavy atom. The van der Waals surface area contributed by atoms with Crippen LogP contribution in [0.15, 0.2) is 36.4 Å². The molecule has 1 amide bonds. The summed E-state index contributed by atoms with van der Waals surface area (Å²) in [5.74, 6) is 1.24. The zero-order valence-electron chi connectivity index (χ0n) is 18.9. The van der Waals surface area contributed by atoms with Gasteiger partial charge in [-0.15, -0.1) is 0 Å². The first-order valence-corrected chi connectivity index (χ1v) is 12.0. The minimum Gasteiger partial charge on any atom is -0.497 e. The molecule has 0 spiro atoms. The van der Waals surface area contributed by atoms with E-state index in [4.69, 9.17) is 32.7 Å². The van der Waals surface area contributed by atoms with Crippen molar-refractivity contribution in [2.75, 3.05) is 32.6 Å². The monoisotopic (exact) mass is 492 g/mol. The average molecular weight is 493 g/mol. The van der Waals surface area contributed by atoms with Crippen LogP contribution in [0.1, 0.15) is 43.7 Å². The molecule has 2 aromatic rings. The maximum atomic E-state index is 13.0. The zero-order valence-corrected chi connectivity index (χ0v) is 20.5. The van der Waals surface area contributed by atoms with Crippen molar-refractivity contribution in [2.45, 2.75) is 43.7 Å². The molecule has 2 aliphatic rings. The molecule has 2 aromatic carbocycles. The number of likely N-dealkylation sites (tertiary alicyclic amines) is 1. The highest BCUT2D eigenvalue weighted by Crippen LogP contribution is 2.51. The van der Waals surface area contributed by atoms with E-state index >= 15 is 0 Å². The predicted octanol–water partition coefficient (Wildman–Crippen LogP) is 5.32. The van der Waals surface area contributed by atoms with Gasteiger partial charge in [0.15, 0.2) is 0 Å². The summed E-state index contributed by atoms with van der Waals surface area (Å²) in [5.41, 5.74) is 0.747. The van der Waals surface area contributed by atoms with Crippen molar-refractivity contribution >= 4 is 34.8 Å². The molecule has 0 unspecified atom stereocenters. The lowest BCUT2D eigenvalue weighted by molar-refractivity contribution is -0.135. The smallest absolute Gasteiger partial charge is 0.238 e. The number of hydrogen-bond donors (Lipinski definition) is 2. The second-order valence-electron chi connectivity index (χ2n) is 8.90. The van der Waals surface area contributed by atoms with Gasteiger partial charge in [-0.3, -0.25) is 9.69 Å². The van der Waals surface area contributed by atoms with E-state index in [1.54, 1.807) is 32.4 Å². The Labute approximate surface area is 204 Å². The molecule has 6 nitrogen and oxygen atoms in total. The maximum absolute atomic E-state index is 13.0. The number of benzene rings is 2. The maximum Gasteiger partial charge on any atom is 0.238 e. The topological polar surface area (TPSA) is 71.0 Å². The van der Waals surface area contributed by atoms with Gasteiger partial charge in [0.05, 0.1) is 37.1 Å². The van der Waals surface area contributed by atoms with E-state index in [-0.39, 0.29) is 24.4 Å². The summed E-state index contributed by atoms with van der Waals surface area (Å²) in [7, 11) is 3.25. The van der Waals surface area contributed by atoms with Crippen molar-refractivity contribution in [3.63, 3.8) is 0 Å². The molecule has 178 valence electrons. The standard InChI is InChI=1S/C25H30Cl2N2O4/c1-32-17-7-8-18(22(14-17)33-2)24-19-5-3-4-10-25(19,31)11-12-29(24)15-23(30)28-21-9-6-16(26)13-20(21)27/h6-9,13-14,19,24,31H,3-5,10-12,15H2,1-2H3,(H,28,30)/t19-,24+,25+/m0/s1. The van der Waals surface area contributed by atoms with Gasteiger partial charge in [0, 0.05) is 35.2 Å². The van der Waals surface area contributed by atoms with Crippen molar-refractivity contribution in [1.82, 2.24) is 4.90 Å². The third-order valence-electron chi connectivity index (χ3n) is 6.98. The Balaban J connectivity index is 1.64. The van der Waals surface area contributed by atoms with Crippen LogP contribution in [0.3, 0.4) is 0 Å². The number of amides is 1. The van der Waals surface area contributed by atoms with E-state index in [1.807, 2.05) is 18.2 Å². The van der Waals surface area contributed by atoms with E-state index in [0.717, 1.165) is 31.2 Å². The number of fused-ring (bicyclic) bond motifs is 1. The molecule has 8 heteroatoms. The molecule has 1 saturated heterocycles. The van der Waals surface area contributed by atoms with E-state index in [9.17, 15) is 9.90 Å². The van der Waals surface area contributed by atoms with Crippen LogP contribution >= 0.6 is 23.2 Å². The molecular weight excluding hydrogens is 463 g/mol. The fraction of sp³-hybridized carbons (Fsp3) is 0.480. The van der Waals surface area contributed by atoms with Crippen molar-refractivity contribution in [3.05, 3.63) is 52.0 Å². The van der Waals surface area contributed by atoms with Crippen LogP contribution < -0.4 is 14.8 Å². The highest BCUT2D eigenvalue weighted by Gasteiger charge is 2.49. The lowest BCUT2D eigenvalue weighted by atomic mass is 9.66. The highest BCUT2D eigenvalue weighted by molar-refractivity contribution is 6.36. The van der Waals surface area contributed by atoms with Crippen molar-refractivity contribution < 1.29 is 19.4 Å². The average Bonchev–Trinajstić information content (AvgIpc) is 2.80. The number of rotatable bonds is 6. The molecule has 0 aromatic heterocycles. The third-order valence-corrected chi connectivity index (χ3v) is 7.53. The van der Waals surface area contributed by atoms with Gasteiger partial charge in [0.25, 0.3) is 0 Å². The predicted molar refractivity (Wildman–Crippen MR) is 130 cm³/mol. The summed E-state index contributed by atoms with van der Waals surface area (Å²) in [5, 5.41) is 15.3. The highest BCUT2D eigenvalue weighted by atomic mass is 35.5. The molecule has 1 heterocycles. The first kappa shape index (κ1) is 24.1. The number of aliphatic hydroxyl groups is 1. The lowest BCUT2D eigenvalue weighted by Crippen LogP contribution is -2.56. The van der Waals surface area contributed by atoms with E-state index < -0.39 is 5.60 Å². The van der Waals surface area contributed by atoms with Crippen molar-refractivity contribution in [2.24, 2.45) is 5.92 Å². The van der Waals surface area contributed by atoms with Crippen LogP contribution in [-0.2, 0) is 4.79 Å².